The van der Waals surface area contributed by atoms with Crippen molar-refractivity contribution in [3.63, 3.8) is 0 Å². The van der Waals surface area contributed by atoms with Gasteiger partial charge in [-0.15, -0.1) is 0 Å². The zero-order valence-corrected chi connectivity index (χ0v) is 13.5. The van der Waals surface area contributed by atoms with Crippen LogP contribution in [-0.2, 0) is 0 Å². The van der Waals surface area contributed by atoms with E-state index in [2.05, 4.69) is 22.5 Å². The molecule has 1 heterocycles. The van der Waals surface area contributed by atoms with Crippen molar-refractivity contribution in [2.45, 2.75) is 19.4 Å². The summed E-state index contributed by atoms with van der Waals surface area (Å²) >= 11 is 1.73. The highest BCUT2D eigenvalue weighted by molar-refractivity contribution is 7.98. The first-order chi connectivity index (χ1) is 10.2. The van der Waals surface area contributed by atoms with Crippen LogP contribution in [0.15, 0.2) is 30.3 Å². The number of pyridine rings is 1. The third-order valence-corrected chi connectivity index (χ3v) is 4.15. The van der Waals surface area contributed by atoms with Crippen molar-refractivity contribution in [1.82, 2.24) is 10.3 Å². The number of thioether (sulfide) groups is 1. The monoisotopic (exact) mass is 303 g/mol. The molecule has 1 unspecified atom stereocenters. The standard InChI is InChI=1S/C16H21N3OS/c1-4-11(10-21-3)18-16(20)15-9-14(17-2)12-7-5-6-8-13(12)19-15/h5-9,11H,4,10H2,1-3H3,(H,17,19)(H,18,20). The summed E-state index contributed by atoms with van der Waals surface area (Å²) in [5.74, 6) is 0.799. The Balaban J connectivity index is 2.31. The Hall–Kier alpha value is -1.75. The molecule has 4 nitrogen and oxygen atoms in total. The van der Waals surface area contributed by atoms with Crippen LogP contribution in [0.2, 0.25) is 0 Å². The number of para-hydroxylation sites is 1. The number of hydrogen-bond acceptors (Lipinski definition) is 4. The van der Waals surface area contributed by atoms with Gasteiger partial charge in [-0.2, -0.15) is 11.8 Å². The zero-order chi connectivity index (χ0) is 15.2. The summed E-state index contributed by atoms with van der Waals surface area (Å²) in [6, 6.07) is 9.81. The second-order valence-corrected chi connectivity index (χ2v) is 5.77. The summed E-state index contributed by atoms with van der Waals surface area (Å²) < 4.78 is 0. The molecule has 0 fully saturated rings. The number of nitrogens with one attached hydrogen (secondary N) is 2. The molecule has 2 aromatic rings. The Bertz CT molecular complexity index is 630. The van der Waals surface area contributed by atoms with E-state index in [1.165, 1.54) is 0 Å². The molecule has 1 amide bonds. The summed E-state index contributed by atoms with van der Waals surface area (Å²) in [5.41, 5.74) is 2.20. The zero-order valence-electron chi connectivity index (χ0n) is 12.6. The molecule has 2 rings (SSSR count). The fraction of sp³-hybridized carbons (Fsp3) is 0.375. The fourth-order valence-electron chi connectivity index (χ4n) is 2.22. The molecular formula is C16H21N3OS. The van der Waals surface area contributed by atoms with Crippen molar-refractivity contribution < 1.29 is 4.79 Å². The van der Waals surface area contributed by atoms with Crippen LogP contribution in [0.3, 0.4) is 0 Å². The molecule has 1 aromatic heterocycles. The van der Waals surface area contributed by atoms with Gasteiger partial charge in [0.15, 0.2) is 0 Å². The van der Waals surface area contributed by atoms with Gasteiger partial charge in [0.2, 0.25) is 0 Å². The number of fused-ring (bicyclic) bond motifs is 1. The van der Waals surface area contributed by atoms with Crippen molar-refractivity contribution in [3.05, 3.63) is 36.0 Å². The van der Waals surface area contributed by atoms with Gasteiger partial charge in [-0.25, -0.2) is 4.98 Å². The fourth-order valence-corrected chi connectivity index (χ4v) is 2.94. The average molecular weight is 303 g/mol. The predicted molar refractivity (Wildman–Crippen MR) is 91.2 cm³/mol. The number of nitrogens with zero attached hydrogens (tertiary/aromatic N) is 1. The molecule has 1 atom stereocenters. The highest BCUT2D eigenvalue weighted by Crippen LogP contribution is 2.22. The summed E-state index contributed by atoms with van der Waals surface area (Å²) in [5, 5.41) is 7.20. The molecule has 0 spiro atoms. The van der Waals surface area contributed by atoms with E-state index in [0.29, 0.717) is 5.69 Å². The van der Waals surface area contributed by atoms with Crippen LogP contribution >= 0.6 is 11.8 Å². The maximum Gasteiger partial charge on any atom is 0.270 e. The molecule has 0 aliphatic rings. The van der Waals surface area contributed by atoms with E-state index in [-0.39, 0.29) is 11.9 Å². The van der Waals surface area contributed by atoms with Crippen LogP contribution < -0.4 is 10.6 Å². The smallest absolute Gasteiger partial charge is 0.270 e. The molecule has 112 valence electrons. The van der Waals surface area contributed by atoms with E-state index in [0.717, 1.165) is 28.8 Å². The summed E-state index contributed by atoms with van der Waals surface area (Å²) in [6.45, 7) is 2.08. The van der Waals surface area contributed by atoms with Gasteiger partial charge in [0.25, 0.3) is 5.91 Å². The van der Waals surface area contributed by atoms with Crippen molar-refractivity contribution in [2.75, 3.05) is 24.4 Å². The Kier molecular flexibility index (Phi) is 5.44. The van der Waals surface area contributed by atoms with E-state index >= 15 is 0 Å². The maximum absolute atomic E-state index is 12.4. The van der Waals surface area contributed by atoms with E-state index in [4.69, 9.17) is 0 Å². The number of carbonyl (C=O) groups excluding carboxylic acids is 1. The Morgan fingerprint density at radius 2 is 2.14 bits per heavy atom. The minimum absolute atomic E-state index is 0.113. The minimum atomic E-state index is -0.113. The lowest BCUT2D eigenvalue weighted by Gasteiger charge is -2.16. The van der Waals surface area contributed by atoms with Crippen molar-refractivity contribution in [1.29, 1.82) is 0 Å². The van der Waals surface area contributed by atoms with E-state index in [1.807, 2.05) is 43.6 Å². The predicted octanol–water partition coefficient (Wildman–Crippen LogP) is 3.15. The third-order valence-electron chi connectivity index (χ3n) is 3.41. The number of benzene rings is 1. The van der Waals surface area contributed by atoms with Crippen LogP contribution in [0.1, 0.15) is 23.8 Å². The van der Waals surface area contributed by atoms with Gasteiger partial charge in [0, 0.05) is 29.9 Å². The van der Waals surface area contributed by atoms with E-state index < -0.39 is 0 Å². The first-order valence-corrected chi connectivity index (χ1v) is 8.46. The van der Waals surface area contributed by atoms with Gasteiger partial charge in [-0.3, -0.25) is 4.79 Å². The number of aromatic nitrogens is 1. The molecule has 1 aromatic carbocycles. The summed E-state index contributed by atoms with van der Waals surface area (Å²) in [6.07, 6.45) is 2.96. The molecule has 2 N–H and O–H groups in total. The van der Waals surface area contributed by atoms with Gasteiger partial charge < -0.3 is 10.6 Å². The number of rotatable bonds is 6. The second-order valence-electron chi connectivity index (χ2n) is 4.86. The Labute approximate surface area is 129 Å². The molecule has 0 radical (unpaired) electrons. The highest BCUT2D eigenvalue weighted by atomic mass is 32.2. The van der Waals surface area contributed by atoms with Crippen LogP contribution in [0.25, 0.3) is 10.9 Å². The van der Waals surface area contributed by atoms with Crippen molar-refractivity contribution in [2.24, 2.45) is 0 Å². The lowest BCUT2D eigenvalue weighted by Crippen LogP contribution is -2.36. The average Bonchev–Trinajstić information content (AvgIpc) is 2.53. The molecule has 0 saturated carbocycles. The molecule has 0 aliphatic heterocycles. The van der Waals surface area contributed by atoms with Gasteiger partial charge in [-0.1, -0.05) is 25.1 Å². The van der Waals surface area contributed by atoms with Crippen LogP contribution in [-0.4, -0.2) is 36.0 Å². The van der Waals surface area contributed by atoms with Gasteiger partial charge in [0.05, 0.1) is 5.52 Å². The summed E-state index contributed by atoms with van der Waals surface area (Å²) in [4.78, 5) is 16.9. The quantitative estimate of drug-likeness (QED) is 0.861. The lowest BCUT2D eigenvalue weighted by molar-refractivity contribution is 0.0935. The number of anilines is 1. The first-order valence-electron chi connectivity index (χ1n) is 7.07. The number of amides is 1. The summed E-state index contributed by atoms with van der Waals surface area (Å²) in [7, 11) is 1.85. The van der Waals surface area contributed by atoms with Gasteiger partial charge >= 0.3 is 0 Å². The van der Waals surface area contributed by atoms with Crippen LogP contribution in [0, 0.1) is 0 Å². The first kappa shape index (κ1) is 15.6. The van der Waals surface area contributed by atoms with Gasteiger partial charge in [0.1, 0.15) is 5.69 Å². The molecule has 21 heavy (non-hydrogen) atoms. The molecular weight excluding hydrogens is 282 g/mol. The Morgan fingerprint density at radius 1 is 1.38 bits per heavy atom. The van der Waals surface area contributed by atoms with E-state index in [1.54, 1.807) is 11.8 Å². The highest BCUT2D eigenvalue weighted by Gasteiger charge is 2.15. The van der Waals surface area contributed by atoms with Crippen LogP contribution in [0.4, 0.5) is 5.69 Å². The lowest BCUT2D eigenvalue weighted by atomic mass is 10.1. The van der Waals surface area contributed by atoms with Crippen molar-refractivity contribution >= 4 is 34.3 Å². The van der Waals surface area contributed by atoms with Crippen molar-refractivity contribution in [3.8, 4) is 0 Å². The molecule has 5 heteroatoms. The van der Waals surface area contributed by atoms with Gasteiger partial charge in [-0.05, 0) is 24.8 Å². The Morgan fingerprint density at radius 3 is 2.81 bits per heavy atom. The topological polar surface area (TPSA) is 54.0 Å². The molecule has 0 aliphatic carbocycles. The van der Waals surface area contributed by atoms with Crippen LogP contribution in [0.5, 0.6) is 0 Å². The normalized spacial score (nSPS) is 12.1. The third kappa shape index (κ3) is 3.67. The largest absolute Gasteiger partial charge is 0.388 e. The second kappa shape index (κ2) is 7.31. The minimum Gasteiger partial charge on any atom is -0.388 e. The molecule has 0 saturated heterocycles. The maximum atomic E-state index is 12.4. The number of hydrogen-bond donors (Lipinski definition) is 2. The molecule has 0 bridgehead atoms. The SMILES string of the molecule is CCC(CSC)NC(=O)c1cc(NC)c2ccccc2n1. The van der Waals surface area contributed by atoms with E-state index in [9.17, 15) is 4.79 Å². The number of carbonyl (C=O) groups is 1.